The van der Waals surface area contributed by atoms with Crippen LogP contribution in [0, 0.1) is 10.1 Å². The van der Waals surface area contributed by atoms with Crippen molar-refractivity contribution in [1.29, 1.82) is 0 Å². The highest BCUT2D eigenvalue weighted by Gasteiger charge is 2.09. The zero-order valence-electron chi connectivity index (χ0n) is 12.3. The van der Waals surface area contributed by atoms with Crippen molar-refractivity contribution in [3.8, 4) is 0 Å². The van der Waals surface area contributed by atoms with Crippen LogP contribution in [0.4, 0.5) is 11.4 Å². The number of amides is 1. The second-order valence-electron chi connectivity index (χ2n) is 4.72. The molecular weight excluding hydrogens is 300 g/mol. The molecule has 7 heteroatoms. The number of hydrogen-bond acceptors (Lipinski definition) is 5. The van der Waals surface area contributed by atoms with Crippen molar-refractivity contribution in [2.24, 2.45) is 0 Å². The van der Waals surface area contributed by atoms with Gasteiger partial charge in [-0.1, -0.05) is 18.2 Å². The van der Waals surface area contributed by atoms with Gasteiger partial charge in [0.1, 0.15) is 0 Å². The molecule has 7 nitrogen and oxygen atoms in total. The second kappa shape index (κ2) is 7.17. The fourth-order valence-corrected chi connectivity index (χ4v) is 1.97. The summed E-state index contributed by atoms with van der Waals surface area (Å²) in [5, 5.41) is 13.2. The molecular formula is C16H14N2O5. The lowest BCUT2D eigenvalue weighted by Gasteiger charge is -2.07. The molecule has 0 unspecified atom stereocenters. The third kappa shape index (κ3) is 4.37. The highest BCUT2D eigenvalue weighted by atomic mass is 16.6. The molecule has 0 radical (unpaired) electrons. The van der Waals surface area contributed by atoms with E-state index in [4.69, 9.17) is 0 Å². The first-order valence-corrected chi connectivity index (χ1v) is 6.71. The fourth-order valence-electron chi connectivity index (χ4n) is 1.97. The van der Waals surface area contributed by atoms with Crippen LogP contribution in [-0.4, -0.2) is 23.9 Å². The van der Waals surface area contributed by atoms with Gasteiger partial charge in [-0.05, 0) is 23.8 Å². The minimum absolute atomic E-state index is 0.0278. The van der Waals surface area contributed by atoms with Crippen LogP contribution in [-0.2, 0) is 16.0 Å². The van der Waals surface area contributed by atoms with Crippen LogP contribution >= 0.6 is 0 Å². The molecule has 2 rings (SSSR count). The molecule has 0 aliphatic carbocycles. The van der Waals surface area contributed by atoms with Gasteiger partial charge >= 0.3 is 5.97 Å². The summed E-state index contributed by atoms with van der Waals surface area (Å²) in [6, 6.07) is 12.1. The van der Waals surface area contributed by atoms with Crippen LogP contribution in [0.2, 0.25) is 0 Å². The minimum Gasteiger partial charge on any atom is -0.465 e. The molecule has 1 N–H and O–H groups in total. The van der Waals surface area contributed by atoms with Crippen molar-refractivity contribution in [2.75, 3.05) is 12.4 Å². The Kier molecular flexibility index (Phi) is 5.03. The number of nitro groups is 1. The number of nitrogens with zero attached hydrogens (tertiary/aromatic N) is 1. The third-order valence-corrected chi connectivity index (χ3v) is 3.08. The lowest BCUT2D eigenvalue weighted by Crippen LogP contribution is -2.14. The van der Waals surface area contributed by atoms with Gasteiger partial charge in [-0.3, -0.25) is 14.9 Å². The summed E-state index contributed by atoms with van der Waals surface area (Å²) < 4.78 is 4.62. The Balaban J connectivity index is 2.02. The first-order chi connectivity index (χ1) is 11.0. The van der Waals surface area contributed by atoms with Crippen molar-refractivity contribution in [1.82, 2.24) is 0 Å². The number of methoxy groups -OCH3 is 1. The smallest absolute Gasteiger partial charge is 0.337 e. The molecule has 0 atom stereocenters. The van der Waals surface area contributed by atoms with E-state index in [1.54, 1.807) is 18.2 Å². The van der Waals surface area contributed by atoms with E-state index in [1.807, 2.05) is 0 Å². The predicted octanol–water partition coefficient (Wildman–Crippen LogP) is 2.56. The first-order valence-electron chi connectivity index (χ1n) is 6.71. The van der Waals surface area contributed by atoms with E-state index in [0.717, 1.165) is 0 Å². The highest BCUT2D eigenvalue weighted by molar-refractivity contribution is 5.95. The lowest BCUT2D eigenvalue weighted by molar-refractivity contribution is -0.384. The summed E-state index contributed by atoms with van der Waals surface area (Å²) in [4.78, 5) is 33.5. The highest BCUT2D eigenvalue weighted by Crippen LogP contribution is 2.14. The topological polar surface area (TPSA) is 98.5 Å². The number of anilines is 1. The summed E-state index contributed by atoms with van der Waals surface area (Å²) >= 11 is 0. The number of esters is 1. The fraction of sp³-hybridized carbons (Fsp3) is 0.125. The molecule has 0 saturated carbocycles. The number of rotatable bonds is 5. The molecule has 2 aromatic carbocycles. The molecule has 2 aromatic rings. The SMILES string of the molecule is COC(=O)c1cccc(NC(=O)Cc2ccc([N+](=O)[O-])cc2)c1. The molecule has 0 aliphatic heterocycles. The molecule has 0 bridgehead atoms. The molecule has 0 aromatic heterocycles. The van der Waals surface area contributed by atoms with E-state index in [0.29, 0.717) is 16.8 Å². The van der Waals surface area contributed by atoms with Gasteiger partial charge in [0, 0.05) is 17.8 Å². The number of hydrogen-bond donors (Lipinski definition) is 1. The van der Waals surface area contributed by atoms with Gasteiger partial charge in [-0.15, -0.1) is 0 Å². The van der Waals surface area contributed by atoms with Crippen LogP contribution in [0.3, 0.4) is 0 Å². The van der Waals surface area contributed by atoms with Gasteiger partial charge in [0.2, 0.25) is 5.91 Å². The molecule has 23 heavy (non-hydrogen) atoms. The number of ether oxygens (including phenoxy) is 1. The Morgan fingerprint density at radius 2 is 1.87 bits per heavy atom. The van der Waals surface area contributed by atoms with E-state index in [1.165, 1.54) is 37.4 Å². The molecule has 0 aliphatic rings. The number of carbonyl (C=O) groups is 2. The maximum atomic E-state index is 12.0. The Hall–Kier alpha value is -3.22. The van der Waals surface area contributed by atoms with Crippen molar-refractivity contribution >= 4 is 23.3 Å². The van der Waals surface area contributed by atoms with Gasteiger partial charge in [-0.25, -0.2) is 4.79 Å². The Bertz CT molecular complexity index is 740. The number of nitro benzene ring substituents is 1. The summed E-state index contributed by atoms with van der Waals surface area (Å²) in [5.41, 5.74) is 1.43. The molecule has 0 fully saturated rings. The Morgan fingerprint density at radius 3 is 2.48 bits per heavy atom. The predicted molar refractivity (Wildman–Crippen MR) is 83.2 cm³/mol. The number of benzene rings is 2. The van der Waals surface area contributed by atoms with Crippen LogP contribution in [0.25, 0.3) is 0 Å². The lowest BCUT2D eigenvalue weighted by atomic mass is 10.1. The van der Waals surface area contributed by atoms with E-state index < -0.39 is 10.9 Å². The monoisotopic (exact) mass is 314 g/mol. The molecule has 1 amide bonds. The van der Waals surface area contributed by atoms with Gasteiger partial charge in [0.15, 0.2) is 0 Å². The maximum absolute atomic E-state index is 12.0. The van der Waals surface area contributed by atoms with Gasteiger partial charge in [-0.2, -0.15) is 0 Å². The van der Waals surface area contributed by atoms with Crippen molar-refractivity contribution in [3.63, 3.8) is 0 Å². The van der Waals surface area contributed by atoms with Gasteiger partial charge < -0.3 is 10.1 Å². The molecule has 118 valence electrons. The zero-order chi connectivity index (χ0) is 16.8. The summed E-state index contributed by atoms with van der Waals surface area (Å²) in [5.74, 6) is -0.780. The van der Waals surface area contributed by atoms with E-state index in [9.17, 15) is 19.7 Å². The van der Waals surface area contributed by atoms with Crippen molar-refractivity contribution in [2.45, 2.75) is 6.42 Å². The Labute approximate surface area is 132 Å². The molecule has 0 spiro atoms. The number of nitrogens with one attached hydrogen (secondary N) is 1. The molecule has 0 heterocycles. The van der Waals surface area contributed by atoms with Gasteiger partial charge in [0.05, 0.1) is 24.0 Å². The number of carbonyl (C=O) groups excluding carboxylic acids is 2. The van der Waals surface area contributed by atoms with Crippen LogP contribution < -0.4 is 5.32 Å². The van der Waals surface area contributed by atoms with E-state index in [2.05, 4.69) is 10.1 Å². The van der Waals surface area contributed by atoms with Crippen molar-refractivity contribution in [3.05, 3.63) is 69.8 Å². The van der Waals surface area contributed by atoms with Crippen molar-refractivity contribution < 1.29 is 19.2 Å². The minimum atomic E-state index is -0.498. The Morgan fingerprint density at radius 1 is 1.17 bits per heavy atom. The maximum Gasteiger partial charge on any atom is 0.337 e. The van der Waals surface area contributed by atoms with E-state index >= 15 is 0 Å². The van der Waals surface area contributed by atoms with Gasteiger partial charge in [0.25, 0.3) is 5.69 Å². The molecule has 0 saturated heterocycles. The average molecular weight is 314 g/mol. The zero-order valence-corrected chi connectivity index (χ0v) is 12.3. The second-order valence-corrected chi connectivity index (χ2v) is 4.72. The standard InChI is InChI=1S/C16H14N2O5/c1-23-16(20)12-3-2-4-13(10-12)17-15(19)9-11-5-7-14(8-6-11)18(21)22/h2-8,10H,9H2,1H3,(H,17,19). The average Bonchev–Trinajstić information content (AvgIpc) is 2.54. The largest absolute Gasteiger partial charge is 0.465 e. The summed E-state index contributed by atoms with van der Waals surface area (Å²) in [7, 11) is 1.28. The number of non-ortho nitro benzene ring substituents is 1. The first kappa shape index (κ1) is 16.2. The summed E-state index contributed by atoms with van der Waals surface area (Å²) in [6.45, 7) is 0. The van der Waals surface area contributed by atoms with Crippen LogP contribution in [0.15, 0.2) is 48.5 Å². The third-order valence-electron chi connectivity index (χ3n) is 3.08. The summed E-state index contributed by atoms with van der Waals surface area (Å²) in [6.07, 6.45) is 0.0699. The van der Waals surface area contributed by atoms with Crippen LogP contribution in [0.1, 0.15) is 15.9 Å². The van der Waals surface area contributed by atoms with Crippen LogP contribution in [0.5, 0.6) is 0 Å². The van der Waals surface area contributed by atoms with E-state index in [-0.39, 0.29) is 18.0 Å². The normalized spacial score (nSPS) is 9.96. The quantitative estimate of drug-likeness (QED) is 0.519.